The number of amides is 1. The fraction of sp³-hybridized carbons (Fsp3) is 0.179. The van der Waals surface area contributed by atoms with Crippen LogP contribution in [-0.4, -0.2) is 10.5 Å². The molecule has 1 amide bonds. The summed E-state index contributed by atoms with van der Waals surface area (Å²) in [5.74, 6) is 0.913. The highest BCUT2D eigenvalue weighted by Crippen LogP contribution is 2.41. The molecule has 4 nitrogen and oxygen atoms in total. The summed E-state index contributed by atoms with van der Waals surface area (Å²) in [6.45, 7) is 3.11. The van der Waals surface area contributed by atoms with Crippen molar-refractivity contribution in [1.82, 2.24) is 9.88 Å². The zero-order valence-corrected chi connectivity index (χ0v) is 19.2. The number of ether oxygens (including phenoxy) is 1. The summed E-state index contributed by atoms with van der Waals surface area (Å²) < 4.78 is 8.22. The van der Waals surface area contributed by atoms with E-state index < -0.39 is 0 Å². The van der Waals surface area contributed by atoms with Crippen molar-refractivity contribution in [1.29, 1.82) is 0 Å². The van der Waals surface area contributed by atoms with Crippen molar-refractivity contribution in [2.24, 2.45) is 0 Å². The van der Waals surface area contributed by atoms with Crippen molar-refractivity contribution in [3.05, 3.63) is 106 Å². The second kappa shape index (κ2) is 9.16. The Morgan fingerprint density at radius 1 is 1.03 bits per heavy atom. The number of para-hydroxylation sites is 1. The Morgan fingerprint density at radius 3 is 2.67 bits per heavy atom. The number of hydrogen-bond donors (Lipinski definition) is 1. The molecule has 1 aliphatic heterocycles. The van der Waals surface area contributed by atoms with Gasteiger partial charge in [-0.05, 0) is 61.4 Å². The fourth-order valence-electron chi connectivity index (χ4n) is 4.39. The van der Waals surface area contributed by atoms with E-state index in [1.54, 1.807) is 0 Å². The van der Waals surface area contributed by atoms with E-state index in [9.17, 15) is 4.79 Å². The number of carbonyl (C=O) groups is 1. The van der Waals surface area contributed by atoms with Crippen molar-refractivity contribution < 1.29 is 9.53 Å². The third kappa shape index (κ3) is 4.53. The Hall–Kier alpha value is -3.50. The molecule has 5 heteroatoms. The molecule has 3 aromatic carbocycles. The van der Waals surface area contributed by atoms with E-state index in [4.69, 9.17) is 16.3 Å². The second-order valence-electron chi connectivity index (χ2n) is 8.37. The van der Waals surface area contributed by atoms with Crippen LogP contribution in [-0.2, 0) is 24.4 Å². The molecular formula is C28H25ClN2O2. The number of benzene rings is 3. The summed E-state index contributed by atoms with van der Waals surface area (Å²) in [7, 11) is 0. The largest absolute Gasteiger partial charge is 0.488 e. The predicted molar refractivity (Wildman–Crippen MR) is 132 cm³/mol. The summed E-state index contributed by atoms with van der Waals surface area (Å²) in [6, 6.07) is 26.3. The third-order valence-electron chi connectivity index (χ3n) is 5.95. The van der Waals surface area contributed by atoms with Crippen molar-refractivity contribution in [2.75, 3.05) is 0 Å². The van der Waals surface area contributed by atoms with Gasteiger partial charge in [0.2, 0.25) is 5.91 Å². The van der Waals surface area contributed by atoms with Crippen molar-refractivity contribution in [3.63, 3.8) is 0 Å². The van der Waals surface area contributed by atoms with E-state index in [-0.39, 0.29) is 5.91 Å². The quantitative estimate of drug-likeness (QED) is 0.372. The molecule has 1 N–H and O–H groups in total. The monoisotopic (exact) mass is 456 g/mol. The topological polar surface area (TPSA) is 43.3 Å². The minimum Gasteiger partial charge on any atom is -0.488 e. The summed E-state index contributed by atoms with van der Waals surface area (Å²) in [5, 5.41) is 3.75. The Labute approximate surface area is 198 Å². The zero-order chi connectivity index (χ0) is 22.8. The molecule has 4 aromatic rings. The Bertz CT molecular complexity index is 1310. The van der Waals surface area contributed by atoms with Crippen LogP contribution in [0.25, 0.3) is 16.9 Å². The molecule has 0 spiro atoms. The normalized spacial score (nSPS) is 11.9. The number of aromatic nitrogens is 1. The average Bonchev–Trinajstić information content (AvgIpc) is 3.21. The lowest BCUT2D eigenvalue weighted by molar-refractivity contribution is -0.121. The number of rotatable bonds is 6. The van der Waals surface area contributed by atoms with Gasteiger partial charge in [0.15, 0.2) is 0 Å². The molecule has 1 aliphatic rings. The molecule has 0 bridgehead atoms. The summed E-state index contributed by atoms with van der Waals surface area (Å²) >= 11 is 6.15. The number of nitrogens with zero attached hydrogens (tertiary/aromatic N) is 1. The molecule has 0 unspecified atom stereocenters. The van der Waals surface area contributed by atoms with Crippen LogP contribution >= 0.6 is 11.6 Å². The van der Waals surface area contributed by atoms with Gasteiger partial charge in [-0.1, -0.05) is 53.6 Å². The van der Waals surface area contributed by atoms with Gasteiger partial charge < -0.3 is 14.6 Å². The molecule has 166 valence electrons. The molecule has 0 saturated carbocycles. The summed E-state index contributed by atoms with van der Waals surface area (Å²) in [5.41, 5.74) is 7.70. The van der Waals surface area contributed by atoms with Crippen LogP contribution in [0.2, 0.25) is 5.02 Å². The number of fused-ring (bicyclic) bond motifs is 3. The van der Waals surface area contributed by atoms with Gasteiger partial charge in [-0.2, -0.15) is 0 Å². The van der Waals surface area contributed by atoms with Crippen LogP contribution in [0.3, 0.4) is 0 Å². The van der Waals surface area contributed by atoms with Gasteiger partial charge in [0, 0.05) is 40.5 Å². The SMILES string of the molecule is Cc1cccc(CNC(=O)CCc2cc3c(n2-c2ccc(Cl)cc2)-c2ccccc2OC3)c1. The second-order valence-corrected chi connectivity index (χ2v) is 8.81. The standard InChI is InChI=1S/C28H25ClN2O2/c1-19-5-4-6-20(15-19)17-30-27(32)14-13-24-16-21-18-33-26-8-3-2-7-25(26)28(21)31(24)23-11-9-22(29)10-12-23/h2-12,15-16H,13-14,17-18H2,1H3,(H,30,32). The fourth-order valence-corrected chi connectivity index (χ4v) is 4.52. The molecule has 0 fully saturated rings. The van der Waals surface area contributed by atoms with Gasteiger partial charge in [0.1, 0.15) is 12.4 Å². The first kappa shape index (κ1) is 21.4. The molecule has 0 aliphatic carbocycles. The highest BCUT2D eigenvalue weighted by atomic mass is 35.5. The smallest absolute Gasteiger partial charge is 0.220 e. The van der Waals surface area contributed by atoms with Crippen molar-refractivity contribution in [3.8, 4) is 22.7 Å². The van der Waals surface area contributed by atoms with E-state index in [2.05, 4.69) is 41.1 Å². The van der Waals surface area contributed by atoms with Crippen LogP contribution in [0.1, 0.15) is 28.8 Å². The molecule has 1 aromatic heterocycles. The van der Waals surface area contributed by atoms with E-state index in [0.29, 0.717) is 31.0 Å². The van der Waals surface area contributed by atoms with Gasteiger partial charge in [-0.3, -0.25) is 4.79 Å². The number of hydrogen-bond acceptors (Lipinski definition) is 2. The number of aryl methyl sites for hydroxylation is 2. The van der Waals surface area contributed by atoms with Crippen LogP contribution < -0.4 is 10.1 Å². The van der Waals surface area contributed by atoms with Gasteiger partial charge in [-0.25, -0.2) is 0 Å². The molecule has 2 heterocycles. The first-order chi connectivity index (χ1) is 16.1. The first-order valence-corrected chi connectivity index (χ1v) is 11.5. The first-order valence-electron chi connectivity index (χ1n) is 11.1. The van der Waals surface area contributed by atoms with Crippen LogP contribution in [0.15, 0.2) is 78.9 Å². The lowest BCUT2D eigenvalue weighted by Crippen LogP contribution is -2.23. The van der Waals surface area contributed by atoms with Crippen molar-refractivity contribution >= 4 is 17.5 Å². The number of carbonyl (C=O) groups excluding carboxylic acids is 1. The van der Waals surface area contributed by atoms with Gasteiger partial charge in [0.25, 0.3) is 0 Å². The summed E-state index contributed by atoms with van der Waals surface area (Å²) in [6.07, 6.45) is 1.03. The lowest BCUT2D eigenvalue weighted by atomic mass is 10.0. The number of nitrogens with one attached hydrogen (secondary N) is 1. The van der Waals surface area contributed by atoms with E-state index >= 15 is 0 Å². The Morgan fingerprint density at radius 2 is 1.85 bits per heavy atom. The predicted octanol–water partition coefficient (Wildman–Crippen LogP) is 6.25. The average molecular weight is 457 g/mol. The maximum atomic E-state index is 12.6. The molecule has 33 heavy (non-hydrogen) atoms. The Kier molecular flexibility index (Phi) is 5.93. The highest BCUT2D eigenvalue weighted by molar-refractivity contribution is 6.30. The molecule has 5 rings (SSSR count). The molecule has 0 radical (unpaired) electrons. The minimum absolute atomic E-state index is 0.0370. The highest BCUT2D eigenvalue weighted by Gasteiger charge is 2.24. The van der Waals surface area contributed by atoms with Gasteiger partial charge in [0.05, 0.1) is 5.69 Å². The van der Waals surface area contributed by atoms with Crippen LogP contribution in [0.5, 0.6) is 5.75 Å². The maximum Gasteiger partial charge on any atom is 0.220 e. The van der Waals surface area contributed by atoms with E-state index in [1.165, 1.54) is 5.56 Å². The number of halogens is 1. The third-order valence-corrected chi connectivity index (χ3v) is 6.20. The molecule has 0 atom stereocenters. The maximum absolute atomic E-state index is 12.6. The van der Waals surface area contributed by atoms with E-state index in [0.717, 1.165) is 39.5 Å². The molecular weight excluding hydrogens is 432 g/mol. The van der Waals surface area contributed by atoms with Crippen LogP contribution in [0, 0.1) is 6.92 Å². The van der Waals surface area contributed by atoms with Gasteiger partial charge >= 0.3 is 0 Å². The van der Waals surface area contributed by atoms with Crippen molar-refractivity contribution in [2.45, 2.75) is 32.9 Å². The summed E-state index contributed by atoms with van der Waals surface area (Å²) in [4.78, 5) is 12.6. The Balaban J connectivity index is 1.41. The zero-order valence-electron chi connectivity index (χ0n) is 18.5. The molecule has 0 saturated heterocycles. The minimum atomic E-state index is 0.0370. The van der Waals surface area contributed by atoms with Gasteiger partial charge in [-0.15, -0.1) is 0 Å². The lowest BCUT2D eigenvalue weighted by Gasteiger charge is -2.21. The van der Waals surface area contributed by atoms with E-state index in [1.807, 2.05) is 54.6 Å². The van der Waals surface area contributed by atoms with Crippen LogP contribution in [0.4, 0.5) is 0 Å².